The molecule has 2 N–H and O–H groups in total. The molecule has 0 unspecified atom stereocenters. The molecule has 1 aliphatic heterocycles. The van der Waals surface area contributed by atoms with Gasteiger partial charge >= 0.3 is 0 Å². The third kappa shape index (κ3) is 6.99. The van der Waals surface area contributed by atoms with Crippen molar-refractivity contribution in [3.63, 3.8) is 0 Å². The minimum absolute atomic E-state index is 0.230. The lowest BCUT2D eigenvalue weighted by molar-refractivity contribution is 0.156. The van der Waals surface area contributed by atoms with Crippen LogP contribution >= 0.6 is 0 Å². The van der Waals surface area contributed by atoms with E-state index in [-0.39, 0.29) is 4.90 Å². The second-order valence-electron chi connectivity index (χ2n) is 10.5. The van der Waals surface area contributed by atoms with Crippen molar-refractivity contribution in [1.29, 1.82) is 0 Å². The molecule has 10 nitrogen and oxygen atoms in total. The normalized spacial score (nSPS) is 15.3. The fourth-order valence-corrected chi connectivity index (χ4v) is 5.61. The number of likely N-dealkylation sites (N-methyl/N-ethyl adjacent to an activating group) is 1. The fraction of sp³-hybridized carbons (Fsp3) is 0.393. The van der Waals surface area contributed by atoms with Crippen LogP contribution in [0.5, 0.6) is 0 Å². The lowest BCUT2D eigenvalue weighted by Crippen LogP contribution is -2.46. The summed E-state index contributed by atoms with van der Waals surface area (Å²) >= 11 is 0. The molecule has 206 valence electrons. The molecule has 0 spiro atoms. The average molecular weight is 549 g/mol. The number of fused-ring (bicyclic) bond motifs is 1. The van der Waals surface area contributed by atoms with Gasteiger partial charge in [0.15, 0.2) is 0 Å². The van der Waals surface area contributed by atoms with Crippen molar-refractivity contribution in [3.8, 4) is 11.1 Å². The number of piperazine rings is 1. The molecular weight excluding hydrogens is 512 g/mol. The largest absolute Gasteiger partial charge is 0.324 e. The van der Waals surface area contributed by atoms with Gasteiger partial charge in [0.25, 0.3) is 0 Å². The van der Waals surface area contributed by atoms with Crippen LogP contribution in [0.2, 0.25) is 0 Å². The molecule has 11 heteroatoms. The predicted octanol–water partition coefficient (Wildman–Crippen LogP) is 3.42. The van der Waals surface area contributed by atoms with Crippen molar-refractivity contribution in [3.05, 3.63) is 61.1 Å². The molecule has 2 aromatic heterocycles. The summed E-state index contributed by atoms with van der Waals surface area (Å²) in [5.74, 6) is 0.962. The highest BCUT2D eigenvalue weighted by Crippen LogP contribution is 2.25. The zero-order valence-corrected chi connectivity index (χ0v) is 23.5. The molecular formula is C28H36N8O2S. The van der Waals surface area contributed by atoms with Crippen LogP contribution in [0.1, 0.15) is 13.8 Å². The molecule has 1 saturated heterocycles. The predicted molar refractivity (Wildman–Crippen MR) is 154 cm³/mol. The molecule has 3 heterocycles. The van der Waals surface area contributed by atoms with Crippen LogP contribution < -0.4 is 10.0 Å². The lowest BCUT2D eigenvalue weighted by atomic mass is 10.1. The Hall–Kier alpha value is -3.38. The van der Waals surface area contributed by atoms with Crippen LogP contribution in [-0.4, -0.2) is 84.3 Å². The third-order valence-electron chi connectivity index (χ3n) is 6.84. The number of anilines is 2. The first kappa shape index (κ1) is 27.2. The molecule has 1 fully saturated rings. The van der Waals surface area contributed by atoms with Gasteiger partial charge in [-0.3, -0.25) is 9.58 Å². The van der Waals surface area contributed by atoms with E-state index in [0.717, 1.165) is 54.8 Å². The zero-order valence-electron chi connectivity index (χ0n) is 22.7. The van der Waals surface area contributed by atoms with Gasteiger partial charge < -0.3 is 10.2 Å². The molecule has 0 bridgehead atoms. The van der Waals surface area contributed by atoms with Crippen LogP contribution in [0.15, 0.2) is 66.0 Å². The van der Waals surface area contributed by atoms with Crippen molar-refractivity contribution in [2.45, 2.75) is 25.3 Å². The van der Waals surface area contributed by atoms with E-state index < -0.39 is 10.0 Å². The van der Waals surface area contributed by atoms with Crippen molar-refractivity contribution in [2.24, 2.45) is 5.92 Å². The number of nitrogens with one attached hydrogen (secondary N) is 2. The first-order valence-electron chi connectivity index (χ1n) is 13.3. The molecule has 0 saturated carbocycles. The van der Waals surface area contributed by atoms with Gasteiger partial charge in [0.1, 0.15) is 0 Å². The quantitative estimate of drug-likeness (QED) is 0.310. The summed E-state index contributed by atoms with van der Waals surface area (Å²) in [6, 6.07) is 12.7. The third-order valence-corrected chi connectivity index (χ3v) is 8.32. The second kappa shape index (κ2) is 11.8. The minimum atomic E-state index is -3.58. The highest BCUT2D eigenvalue weighted by Gasteiger charge is 2.17. The number of nitrogens with zero attached hydrogens (tertiary/aromatic N) is 6. The maximum absolute atomic E-state index is 12.8. The maximum atomic E-state index is 12.8. The van der Waals surface area contributed by atoms with Gasteiger partial charge in [0.2, 0.25) is 16.0 Å². The number of benzene rings is 2. The van der Waals surface area contributed by atoms with E-state index in [1.54, 1.807) is 30.5 Å². The Kier molecular flexibility index (Phi) is 8.22. The monoisotopic (exact) mass is 548 g/mol. The number of hydrogen-bond acceptors (Lipinski definition) is 8. The van der Waals surface area contributed by atoms with Crippen molar-refractivity contribution in [2.75, 3.05) is 51.6 Å². The van der Waals surface area contributed by atoms with E-state index in [2.05, 4.69) is 62.0 Å². The number of hydrogen-bond donors (Lipinski definition) is 2. The van der Waals surface area contributed by atoms with Gasteiger partial charge in [-0.25, -0.2) is 23.1 Å². The van der Waals surface area contributed by atoms with Gasteiger partial charge in [0, 0.05) is 74.8 Å². The fourth-order valence-electron chi connectivity index (χ4n) is 4.59. The van der Waals surface area contributed by atoms with Gasteiger partial charge in [0.05, 0.1) is 16.6 Å². The topological polar surface area (TPSA) is 108 Å². The molecule has 39 heavy (non-hydrogen) atoms. The Morgan fingerprint density at radius 2 is 1.74 bits per heavy atom. The van der Waals surface area contributed by atoms with E-state index in [9.17, 15) is 8.42 Å². The summed E-state index contributed by atoms with van der Waals surface area (Å²) in [4.78, 5) is 13.9. The average Bonchev–Trinajstić information content (AvgIpc) is 3.37. The SMILES string of the molecule is CC(C)Cn1cc(-c2ccc3cnc(Nc4ccc(S(=O)(=O)NCCN5CCN(C)CC5)cc4)nc3c2)cn1. The molecule has 0 aliphatic carbocycles. The van der Waals surface area contributed by atoms with Crippen LogP contribution in [0.4, 0.5) is 11.6 Å². The Labute approximate surface area is 230 Å². The highest BCUT2D eigenvalue weighted by molar-refractivity contribution is 7.89. The first-order chi connectivity index (χ1) is 18.7. The zero-order chi connectivity index (χ0) is 27.4. The first-order valence-corrected chi connectivity index (χ1v) is 14.8. The Balaban J connectivity index is 1.22. The number of sulfonamides is 1. The van der Waals surface area contributed by atoms with Crippen molar-refractivity contribution in [1.82, 2.24) is 34.3 Å². The summed E-state index contributed by atoms with van der Waals surface area (Å²) in [5.41, 5.74) is 3.60. The van der Waals surface area contributed by atoms with Crippen molar-refractivity contribution >= 4 is 32.6 Å². The molecule has 5 rings (SSSR count). The number of aromatic nitrogens is 4. The minimum Gasteiger partial charge on any atom is -0.324 e. The van der Waals surface area contributed by atoms with E-state index in [1.165, 1.54) is 0 Å². The Bertz CT molecular complexity index is 1510. The van der Waals surface area contributed by atoms with Gasteiger partial charge in [-0.1, -0.05) is 26.0 Å². The highest BCUT2D eigenvalue weighted by atomic mass is 32.2. The Morgan fingerprint density at radius 3 is 2.49 bits per heavy atom. The Morgan fingerprint density at radius 1 is 0.974 bits per heavy atom. The van der Waals surface area contributed by atoms with E-state index in [4.69, 9.17) is 0 Å². The summed E-state index contributed by atoms with van der Waals surface area (Å²) in [7, 11) is -1.48. The van der Waals surface area contributed by atoms with E-state index >= 15 is 0 Å². The molecule has 0 radical (unpaired) electrons. The summed E-state index contributed by atoms with van der Waals surface area (Å²) in [6.45, 7) is 10.2. The summed E-state index contributed by atoms with van der Waals surface area (Å²) < 4.78 is 30.2. The molecule has 2 aromatic carbocycles. The van der Waals surface area contributed by atoms with Gasteiger partial charge in [-0.15, -0.1) is 0 Å². The van der Waals surface area contributed by atoms with Gasteiger partial charge in [-0.05, 0) is 48.9 Å². The van der Waals surface area contributed by atoms with Crippen LogP contribution in [0.25, 0.3) is 22.0 Å². The van der Waals surface area contributed by atoms with Crippen molar-refractivity contribution < 1.29 is 8.42 Å². The molecule has 1 aliphatic rings. The summed E-state index contributed by atoms with van der Waals surface area (Å²) in [6.07, 6.45) is 5.71. The van der Waals surface area contributed by atoms with E-state index in [1.807, 2.05) is 29.1 Å². The second-order valence-corrected chi connectivity index (χ2v) is 12.3. The maximum Gasteiger partial charge on any atom is 0.240 e. The van der Waals surface area contributed by atoms with E-state index in [0.29, 0.717) is 30.6 Å². The molecule has 0 atom stereocenters. The van der Waals surface area contributed by atoms with Crippen LogP contribution in [0.3, 0.4) is 0 Å². The van der Waals surface area contributed by atoms with Gasteiger partial charge in [-0.2, -0.15) is 5.10 Å². The molecule has 4 aromatic rings. The van der Waals surface area contributed by atoms with Crippen LogP contribution in [0, 0.1) is 5.92 Å². The lowest BCUT2D eigenvalue weighted by Gasteiger charge is -2.32. The van der Waals surface area contributed by atoms with Crippen LogP contribution in [-0.2, 0) is 16.6 Å². The summed E-state index contributed by atoms with van der Waals surface area (Å²) in [5, 5.41) is 8.59. The number of rotatable bonds is 10. The smallest absolute Gasteiger partial charge is 0.240 e. The standard InChI is InChI=1S/C28H36N8O2S/c1-21(2)19-36-20-24(18-30-36)22-4-5-23-17-29-28(33-27(23)16-22)32-25-6-8-26(9-7-25)39(37,38)31-10-11-35-14-12-34(3)13-15-35/h4-9,16-18,20-21,31H,10-15,19H2,1-3H3,(H,29,32,33). The molecule has 0 amide bonds.